The van der Waals surface area contributed by atoms with Gasteiger partial charge in [0.25, 0.3) is 0 Å². The SMILES string of the molecule is CCC(CC)[C@H](NC(C)=O)[C@@H]1[C@H](O)[C@@H](C(=O)OC)CC[C@H]1N=C(NC(=O)OC(C)(C)C)NC(=O)OC(C)(C)C. The predicted molar refractivity (Wildman–Crippen MR) is 146 cm³/mol. The zero-order chi connectivity index (χ0) is 30.1. The van der Waals surface area contributed by atoms with Crippen molar-refractivity contribution in [3.05, 3.63) is 0 Å². The maximum Gasteiger partial charge on any atom is 0.414 e. The molecule has 3 amide bonds. The van der Waals surface area contributed by atoms with Crippen molar-refractivity contribution in [2.75, 3.05) is 7.11 Å². The number of nitrogens with one attached hydrogen (secondary N) is 3. The Labute approximate surface area is 232 Å². The summed E-state index contributed by atoms with van der Waals surface area (Å²) in [4.78, 5) is 54.6. The number of ether oxygens (including phenoxy) is 3. The minimum absolute atomic E-state index is 0.0382. The third kappa shape index (κ3) is 11.4. The molecule has 0 aliphatic heterocycles. The lowest BCUT2D eigenvalue weighted by atomic mass is 9.68. The van der Waals surface area contributed by atoms with Crippen LogP contribution in [0.3, 0.4) is 0 Å². The number of hydrogen-bond acceptors (Lipinski definition) is 9. The topological polar surface area (TPSA) is 165 Å². The van der Waals surface area contributed by atoms with Crippen LogP contribution in [0.1, 0.15) is 88.0 Å². The molecule has 224 valence electrons. The van der Waals surface area contributed by atoms with Gasteiger partial charge in [-0.1, -0.05) is 26.7 Å². The largest absolute Gasteiger partial charge is 0.469 e. The van der Waals surface area contributed by atoms with Crippen LogP contribution in [0.15, 0.2) is 4.99 Å². The van der Waals surface area contributed by atoms with Gasteiger partial charge >= 0.3 is 18.2 Å². The van der Waals surface area contributed by atoms with E-state index in [0.717, 1.165) is 0 Å². The minimum atomic E-state index is -1.21. The zero-order valence-electron chi connectivity index (χ0n) is 25.0. The molecular formula is C27H48N4O8. The van der Waals surface area contributed by atoms with E-state index in [4.69, 9.17) is 14.2 Å². The van der Waals surface area contributed by atoms with Crippen molar-refractivity contribution in [2.45, 2.75) is 117 Å². The molecule has 12 heteroatoms. The number of rotatable bonds is 7. The molecule has 5 atom stereocenters. The van der Waals surface area contributed by atoms with Crippen LogP contribution in [0.5, 0.6) is 0 Å². The Morgan fingerprint density at radius 2 is 1.41 bits per heavy atom. The molecule has 0 saturated heterocycles. The molecule has 0 unspecified atom stereocenters. The molecule has 0 aromatic carbocycles. The number of esters is 1. The summed E-state index contributed by atoms with van der Waals surface area (Å²) >= 11 is 0. The van der Waals surface area contributed by atoms with Gasteiger partial charge in [0, 0.05) is 18.9 Å². The van der Waals surface area contributed by atoms with E-state index in [0.29, 0.717) is 19.3 Å². The van der Waals surface area contributed by atoms with Crippen LogP contribution in [-0.2, 0) is 23.8 Å². The number of hydrogen-bond donors (Lipinski definition) is 4. The summed E-state index contributed by atoms with van der Waals surface area (Å²) < 4.78 is 15.6. The number of alkyl carbamates (subject to hydrolysis) is 2. The number of carbonyl (C=O) groups excluding carboxylic acids is 4. The molecule has 1 fully saturated rings. The molecule has 1 rings (SSSR count). The monoisotopic (exact) mass is 556 g/mol. The zero-order valence-corrected chi connectivity index (χ0v) is 25.0. The van der Waals surface area contributed by atoms with Crippen LogP contribution in [0.4, 0.5) is 9.59 Å². The first-order chi connectivity index (χ1) is 17.9. The quantitative estimate of drug-likeness (QED) is 0.161. The summed E-state index contributed by atoms with van der Waals surface area (Å²) in [6.07, 6.45) is -0.950. The molecule has 0 aromatic rings. The molecule has 1 aliphatic rings. The molecule has 0 spiro atoms. The number of aliphatic imine (C=N–C) groups is 1. The highest BCUT2D eigenvalue weighted by Gasteiger charge is 2.48. The number of aliphatic hydroxyl groups excluding tert-OH is 1. The fourth-order valence-corrected chi connectivity index (χ4v) is 4.84. The van der Waals surface area contributed by atoms with E-state index in [1.807, 2.05) is 13.8 Å². The smallest absolute Gasteiger partial charge is 0.414 e. The van der Waals surface area contributed by atoms with Gasteiger partial charge in [0.1, 0.15) is 11.2 Å². The van der Waals surface area contributed by atoms with E-state index in [1.54, 1.807) is 41.5 Å². The first-order valence-electron chi connectivity index (χ1n) is 13.5. The number of guanidine groups is 1. The summed E-state index contributed by atoms with van der Waals surface area (Å²) in [5, 5.41) is 19.4. The highest BCUT2D eigenvalue weighted by atomic mass is 16.6. The fourth-order valence-electron chi connectivity index (χ4n) is 4.84. The minimum Gasteiger partial charge on any atom is -0.469 e. The average Bonchev–Trinajstić information content (AvgIpc) is 2.76. The lowest BCUT2D eigenvalue weighted by molar-refractivity contribution is -0.154. The Morgan fingerprint density at radius 1 is 0.923 bits per heavy atom. The molecular weight excluding hydrogens is 508 g/mol. The standard InChI is InChI=1S/C27H48N4O8/c1-11-16(12-2)20(28-15(3)32)19-18(14-13-17(21(19)33)22(34)37-10)29-23(30-24(35)38-26(4,5)6)31-25(36)39-27(7,8)9/h16-21,33H,11-14H2,1-10H3,(H,28,32)(H2,29,30,31,35,36)/t17-,18+,19+,20-,21+/m0/s1. The van der Waals surface area contributed by atoms with Crippen molar-refractivity contribution < 1.29 is 38.5 Å². The maximum atomic E-state index is 12.6. The van der Waals surface area contributed by atoms with Crippen LogP contribution < -0.4 is 16.0 Å². The summed E-state index contributed by atoms with van der Waals surface area (Å²) in [5.41, 5.74) is -1.63. The van der Waals surface area contributed by atoms with Gasteiger partial charge in [-0.3, -0.25) is 20.2 Å². The lowest BCUT2D eigenvalue weighted by Crippen LogP contribution is -2.58. The third-order valence-electron chi connectivity index (χ3n) is 6.40. The number of amides is 3. The molecule has 1 saturated carbocycles. The van der Waals surface area contributed by atoms with Crippen LogP contribution in [0.25, 0.3) is 0 Å². The summed E-state index contributed by atoms with van der Waals surface area (Å²) in [7, 11) is 1.26. The van der Waals surface area contributed by atoms with E-state index in [9.17, 15) is 24.3 Å². The molecule has 0 heterocycles. The highest BCUT2D eigenvalue weighted by Crippen LogP contribution is 2.38. The molecule has 12 nitrogen and oxygen atoms in total. The van der Waals surface area contributed by atoms with Crippen molar-refractivity contribution in [1.82, 2.24) is 16.0 Å². The van der Waals surface area contributed by atoms with Gasteiger partial charge in [0.2, 0.25) is 11.9 Å². The van der Waals surface area contributed by atoms with Gasteiger partial charge in [-0.2, -0.15) is 0 Å². The molecule has 1 aliphatic carbocycles. The van der Waals surface area contributed by atoms with Gasteiger partial charge in [-0.15, -0.1) is 0 Å². The lowest BCUT2D eigenvalue weighted by Gasteiger charge is -2.44. The molecule has 4 N–H and O–H groups in total. The van der Waals surface area contributed by atoms with Crippen LogP contribution in [-0.4, -0.2) is 71.6 Å². The highest BCUT2D eigenvalue weighted by molar-refractivity contribution is 6.01. The van der Waals surface area contributed by atoms with Crippen molar-refractivity contribution >= 4 is 30.0 Å². The van der Waals surface area contributed by atoms with E-state index >= 15 is 0 Å². The Kier molecular flexibility index (Phi) is 12.7. The van der Waals surface area contributed by atoms with E-state index in [1.165, 1.54) is 14.0 Å². The molecule has 0 bridgehead atoms. The fraction of sp³-hybridized carbons (Fsp3) is 0.815. The van der Waals surface area contributed by atoms with Gasteiger partial charge in [0.05, 0.1) is 25.2 Å². The number of aliphatic hydroxyl groups is 1. The maximum absolute atomic E-state index is 12.6. The third-order valence-corrected chi connectivity index (χ3v) is 6.40. The van der Waals surface area contributed by atoms with Gasteiger partial charge < -0.3 is 24.6 Å². The van der Waals surface area contributed by atoms with E-state index < -0.39 is 59.4 Å². The van der Waals surface area contributed by atoms with Gasteiger partial charge in [-0.25, -0.2) is 14.6 Å². The number of nitrogens with zero attached hydrogens (tertiary/aromatic N) is 1. The normalized spacial score (nSPS) is 22.3. The second-order valence-corrected chi connectivity index (χ2v) is 11.9. The van der Waals surface area contributed by atoms with Crippen molar-refractivity contribution in [3.8, 4) is 0 Å². The molecule has 0 aromatic heterocycles. The molecule has 0 radical (unpaired) electrons. The van der Waals surface area contributed by atoms with Crippen LogP contribution >= 0.6 is 0 Å². The van der Waals surface area contributed by atoms with Gasteiger partial charge in [0.15, 0.2) is 0 Å². The summed E-state index contributed by atoms with van der Waals surface area (Å²) in [6, 6.07) is -1.24. The Balaban J connectivity index is 3.59. The van der Waals surface area contributed by atoms with Gasteiger partial charge in [-0.05, 0) is 60.3 Å². The summed E-state index contributed by atoms with van der Waals surface area (Å²) in [5.74, 6) is -2.67. The first kappa shape index (κ1) is 34.1. The van der Waals surface area contributed by atoms with Crippen LogP contribution in [0, 0.1) is 17.8 Å². The Hall–Kier alpha value is -2.89. The van der Waals surface area contributed by atoms with E-state index in [-0.39, 0.29) is 24.2 Å². The Morgan fingerprint density at radius 3 is 1.79 bits per heavy atom. The van der Waals surface area contributed by atoms with Crippen LogP contribution in [0.2, 0.25) is 0 Å². The van der Waals surface area contributed by atoms with Crippen molar-refractivity contribution in [1.29, 1.82) is 0 Å². The van der Waals surface area contributed by atoms with Crippen molar-refractivity contribution in [2.24, 2.45) is 22.7 Å². The summed E-state index contributed by atoms with van der Waals surface area (Å²) in [6.45, 7) is 15.5. The predicted octanol–water partition coefficient (Wildman–Crippen LogP) is 3.26. The number of carbonyl (C=O) groups is 4. The number of methoxy groups -OCH3 is 1. The second-order valence-electron chi connectivity index (χ2n) is 11.9. The molecule has 39 heavy (non-hydrogen) atoms. The Bertz CT molecular complexity index is 857. The van der Waals surface area contributed by atoms with Crippen molar-refractivity contribution in [3.63, 3.8) is 0 Å². The van der Waals surface area contributed by atoms with E-state index in [2.05, 4.69) is 20.9 Å². The average molecular weight is 557 g/mol. The second kappa shape index (κ2) is 14.5. The first-order valence-corrected chi connectivity index (χ1v) is 13.5.